The van der Waals surface area contributed by atoms with Gasteiger partial charge in [-0.25, -0.2) is 4.98 Å². The van der Waals surface area contributed by atoms with Gasteiger partial charge in [-0.15, -0.1) is 0 Å². The maximum absolute atomic E-state index is 6.08. The van der Waals surface area contributed by atoms with Crippen molar-refractivity contribution in [3.05, 3.63) is 30.7 Å². The zero-order valence-corrected chi connectivity index (χ0v) is 14.0. The molecule has 4 nitrogen and oxygen atoms in total. The zero-order valence-electron chi connectivity index (χ0n) is 13.0. The first kappa shape index (κ1) is 15.1. The molecule has 0 aliphatic rings. The smallest absolute Gasteiger partial charge is 0.192 e. The maximum atomic E-state index is 6.08. The average molecular weight is 292 g/mol. The van der Waals surface area contributed by atoms with Gasteiger partial charge in [0, 0.05) is 12.4 Å². The molecule has 0 unspecified atom stereocenters. The van der Waals surface area contributed by atoms with E-state index in [0.29, 0.717) is 13.2 Å². The molecule has 2 aromatic rings. The molecule has 110 valence electrons. The minimum absolute atomic E-state index is 0.239. The van der Waals surface area contributed by atoms with E-state index in [9.17, 15) is 0 Å². The summed E-state index contributed by atoms with van der Waals surface area (Å²) in [5.41, 5.74) is 0.926. The van der Waals surface area contributed by atoms with E-state index in [1.54, 1.807) is 6.20 Å². The van der Waals surface area contributed by atoms with Crippen molar-refractivity contribution in [2.24, 2.45) is 0 Å². The molecule has 0 radical (unpaired) electrons. The molecule has 5 heteroatoms. The van der Waals surface area contributed by atoms with Crippen molar-refractivity contribution in [1.82, 2.24) is 9.38 Å². The minimum atomic E-state index is -1.67. The van der Waals surface area contributed by atoms with Gasteiger partial charge in [0.05, 0.1) is 12.8 Å². The fraction of sp³-hybridized carbons (Fsp3) is 0.533. The lowest BCUT2D eigenvalue weighted by Crippen LogP contribution is -2.41. The normalized spacial score (nSPS) is 12.8. The van der Waals surface area contributed by atoms with E-state index in [4.69, 9.17) is 9.16 Å². The molecule has 0 N–H and O–H groups in total. The monoisotopic (exact) mass is 292 g/mol. The summed E-state index contributed by atoms with van der Waals surface area (Å²) in [7, 11) is -1.67. The standard InChI is InChI=1S/C15H24N2O2Si/c1-15(2,3)20(4,5)19-11-10-18-13-6-7-14-16-8-9-17(14)12-13/h6-9,12H,10-11H2,1-5H3. The van der Waals surface area contributed by atoms with Gasteiger partial charge >= 0.3 is 0 Å². The number of ether oxygens (including phenoxy) is 1. The van der Waals surface area contributed by atoms with Crippen LogP contribution in [0.15, 0.2) is 30.7 Å². The van der Waals surface area contributed by atoms with E-state index in [-0.39, 0.29) is 5.04 Å². The van der Waals surface area contributed by atoms with Crippen LogP contribution in [0.25, 0.3) is 5.65 Å². The SMILES string of the molecule is CC(C)(C)[Si](C)(C)OCCOc1ccc2nccn2c1. The summed E-state index contributed by atoms with van der Waals surface area (Å²) < 4.78 is 13.8. The van der Waals surface area contributed by atoms with Crippen LogP contribution in [0.1, 0.15) is 20.8 Å². The van der Waals surface area contributed by atoms with Gasteiger partial charge in [0.15, 0.2) is 8.32 Å². The van der Waals surface area contributed by atoms with E-state index in [2.05, 4.69) is 38.8 Å². The highest BCUT2D eigenvalue weighted by Crippen LogP contribution is 2.36. The molecule has 2 aromatic heterocycles. The molecule has 0 atom stereocenters. The average Bonchev–Trinajstić information content (AvgIpc) is 2.80. The highest BCUT2D eigenvalue weighted by atomic mass is 28.4. The van der Waals surface area contributed by atoms with E-state index < -0.39 is 8.32 Å². The van der Waals surface area contributed by atoms with Crippen molar-refractivity contribution in [2.75, 3.05) is 13.2 Å². The zero-order chi connectivity index (χ0) is 14.8. The molecule has 0 saturated heterocycles. The van der Waals surface area contributed by atoms with Crippen LogP contribution in [0.2, 0.25) is 18.1 Å². The summed E-state index contributed by atoms with van der Waals surface area (Å²) in [6.45, 7) is 12.5. The van der Waals surface area contributed by atoms with Crippen LogP contribution in [0, 0.1) is 0 Å². The lowest BCUT2D eigenvalue weighted by molar-refractivity contribution is 0.203. The van der Waals surface area contributed by atoms with Gasteiger partial charge in [-0.1, -0.05) is 20.8 Å². The maximum Gasteiger partial charge on any atom is 0.192 e. The second-order valence-corrected chi connectivity index (χ2v) is 11.3. The molecule has 0 fully saturated rings. The van der Waals surface area contributed by atoms with E-state index in [1.807, 2.05) is 28.9 Å². The molecule has 20 heavy (non-hydrogen) atoms. The Balaban J connectivity index is 1.84. The second-order valence-electron chi connectivity index (χ2n) is 6.51. The quantitative estimate of drug-likeness (QED) is 0.622. The number of fused-ring (bicyclic) bond motifs is 1. The van der Waals surface area contributed by atoms with Gasteiger partial charge < -0.3 is 13.6 Å². The van der Waals surface area contributed by atoms with Crippen LogP contribution in [-0.2, 0) is 4.43 Å². The highest BCUT2D eigenvalue weighted by molar-refractivity contribution is 6.74. The Kier molecular flexibility index (Phi) is 4.20. The first-order valence-corrected chi connectivity index (χ1v) is 9.90. The number of imidazole rings is 1. The Morgan fingerprint density at radius 1 is 1.20 bits per heavy atom. The minimum Gasteiger partial charge on any atom is -0.490 e. The molecule has 0 saturated carbocycles. The van der Waals surface area contributed by atoms with Gasteiger partial charge in [0.2, 0.25) is 0 Å². The van der Waals surface area contributed by atoms with E-state index in [1.165, 1.54) is 0 Å². The predicted octanol–water partition coefficient (Wildman–Crippen LogP) is 3.73. The Hall–Kier alpha value is -1.33. The van der Waals surface area contributed by atoms with Crippen LogP contribution < -0.4 is 4.74 Å². The number of aromatic nitrogens is 2. The largest absolute Gasteiger partial charge is 0.490 e. The second kappa shape index (κ2) is 5.58. The first-order chi connectivity index (χ1) is 9.29. The van der Waals surface area contributed by atoms with Crippen molar-refractivity contribution in [1.29, 1.82) is 0 Å². The third-order valence-corrected chi connectivity index (χ3v) is 8.52. The Bertz CT molecular complexity index is 573. The fourth-order valence-electron chi connectivity index (χ4n) is 1.66. The Morgan fingerprint density at radius 2 is 1.95 bits per heavy atom. The topological polar surface area (TPSA) is 35.8 Å². The number of rotatable bonds is 5. The Morgan fingerprint density at radius 3 is 2.65 bits per heavy atom. The van der Waals surface area contributed by atoms with Crippen LogP contribution in [-0.4, -0.2) is 30.9 Å². The molecule has 2 rings (SSSR count). The molecule has 0 aliphatic heterocycles. The van der Waals surface area contributed by atoms with Crippen LogP contribution >= 0.6 is 0 Å². The van der Waals surface area contributed by atoms with E-state index >= 15 is 0 Å². The molecule has 0 aromatic carbocycles. The summed E-state index contributed by atoms with van der Waals surface area (Å²) in [5, 5.41) is 0.239. The number of nitrogens with zero attached hydrogens (tertiary/aromatic N) is 2. The van der Waals surface area contributed by atoms with Crippen LogP contribution in [0.3, 0.4) is 0 Å². The van der Waals surface area contributed by atoms with Crippen molar-refractivity contribution in [2.45, 2.75) is 38.9 Å². The van der Waals surface area contributed by atoms with Crippen molar-refractivity contribution in [3.8, 4) is 5.75 Å². The summed E-state index contributed by atoms with van der Waals surface area (Å²) in [4.78, 5) is 4.20. The lowest BCUT2D eigenvalue weighted by Gasteiger charge is -2.36. The van der Waals surface area contributed by atoms with E-state index in [0.717, 1.165) is 11.4 Å². The van der Waals surface area contributed by atoms with Crippen LogP contribution in [0.5, 0.6) is 5.75 Å². The molecular formula is C15H24N2O2Si. The van der Waals surface area contributed by atoms with Crippen molar-refractivity contribution < 1.29 is 9.16 Å². The van der Waals surface area contributed by atoms with Crippen molar-refractivity contribution >= 4 is 14.0 Å². The van der Waals surface area contributed by atoms with Gasteiger partial charge in [0.1, 0.15) is 18.0 Å². The van der Waals surface area contributed by atoms with Gasteiger partial charge in [-0.05, 0) is 30.3 Å². The van der Waals surface area contributed by atoms with Gasteiger partial charge in [0.25, 0.3) is 0 Å². The summed E-state index contributed by atoms with van der Waals surface area (Å²) >= 11 is 0. The molecule has 0 bridgehead atoms. The third kappa shape index (κ3) is 3.40. The number of hydrogen-bond donors (Lipinski definition) is 0. The molecule has 0 spiro atoms. The number of pyridine rings is 1. The number of hydrogen-bond acceptors (Lipinski definition) is 3. The van der Waals surface area contributed by atoms with Gasteiger partial charge in [-0.3, -0.25) is 0 Å². The summed E-state index contributed by atoms with van der Waals surface area (Å²) in [6, 6.07) is 3.89. The van der Waals surface area contributed by atoms with Crippen LogP contribution in [0.4, 0.5) is 0 Å². The Labute approximate surface area is 121 Å². The van der Waals surface area contributed by atoms with Gasteiger partial charge in [-0.2, -0.15) is 0 Å². The highest BCUT2D eigenvalue weighted by Gasteiger charge is 2.36. The molecule has 0 aliphatic carbocycles. The third-order valence-electron chi connectivity index (χ3n) is 3.98. The molecule has 2 heterocycles. The first-order valence-electron chi connectivity index (χ1n) is 6.99. The molecular weight excluding hydrogens is 268 g/mol. The van der Waals surface area contributed by atoms with Crippen molar-refractivity contribution in [3.63, 3.8) is 0 Å². The summed E-state index contributed by atoms with van der Waals surface area (Å²) in [5.74, 6) is 0.842. The fourth-order valence-corrected chi connectivity index (χ4v) is 2.68. The summed E-state index contributed by atoms with van der Waals surface area (Å²) in [6.07, 6.45) is 5.63. The predicted molar refractivity (Wildman–Crippen MR) is 83.8 cm³/mol. The molecule has 0 amide bonds. The lowest BCUT2D eigenvalue weighted by atomic mass is 10.2.